The molecule has 0 unspecified atom stereocenters. The van der Waals surface area contributed by atoms with E-state index in [0.717, 1.165) is 17.4 Å². The number of methoxy groups -OCH3 is 1. The third-order valence-corrected chi connectivity index (χ3v) is 6.85. The topological polar surface area (TPSA) is 96.0 Å². The molecule has 8 nitrogen and oxygen atoms in total. The van der Waals surface area contributed by atoms with E-state index in [1.54, 1.807) is 31.1 Å². The van der Waals surface area contributed by atoms with Crippen LogP contribution < -0.4 is 14.4 Å². The van der Waals surface area contributed by atoms with Crippen LogP contribution in [0.5, 0.6) is 5.75 Å². The zero-order valence-corrected chi connectivity index (χ0v) is 23.2. The molecule has 36 heavy (non-hydrogen) atoms. The molecule has 198 valence electrons. The highest BCUT2D eigenvalue weighted by Gasteiger charge is 2.28. The van der Waals surface area contributed by atoms with Gasteiger partial charge in [-0.05, 0) is 70.9 Å². The van der Waals surface area contributed by atoms with Gasteiger partial charge in [0.25, 0.3) is 0 Å². The number of amides is 2. The molecule has 0 aliphatic rings. The van der Waals surface area contributed by atoms with Crippen molar-refractivity contribution in [2.75, 3.05) is 24.2 Å². The van der Waals surface area contributed by atoms with Crippen molar-refractivity contribution in [3.05, 3.63) is 59.7 Å². The molecule has 0 radical (unpaired) electrons. The average molecular weight is 518 g/mol. The van der Waals surface area contributed by atoms with Crippen LogP contribution in [0.1, 0.15) is 51.7 Å². The largest absolute Gasteiger partial charge is 0.497 e. The second-order valence-electron chi connectivity index (χ2n) is 10.1. The monoisotopic (exact) mass is 517 g/mol. The summed E-state index contributed by atoms with van der Waals surface area (Å²) >= 11 is 0. The van der Waals surface area contributed by atoms with Gasteiger partial charge < -0.3 is 15.0 Å². The van der Waals surface area contributed by atoms with Crippen LogP contribution in [0.4, 0.5) is 5.69 Å². The van der Waals surface area contributed by atoms with Gasteiger partial charge in [0.1, 0.15) is 11.8 Å². The van der Waals surface area contributed by atoms with Crippen molar-refractivity contribution < 1.29 is 22.7 Å². The van der Waals surface area contributed by atoms with Gasteiger partial charge in [-0.25, -0.2) is 8.42 Å². The van der Waals surface area contributed by atoms with Gasteiger partial charge >= 0.3 is 0 Å². The Balaban J connectivity index is 2.18. The number of sulfonamides is 1. The Labute approximate surface area is 215 Å². The number of benzene rings is 2. The molecule has 1 atom stereocenters. The van der Waals surface area contributed by atoms with Crippen LogP contribution in [0, 0.1) is 6.92 Å². The molecule has 2 amide bonds. The maximum atomic E-state index is 13.3. The molecule has 0 saturated carbocycles. The number of nitrogens with one attached hydrogen (secondary N) is 1. The van der Waals surface area contributed by atoms with Crippen LogP contribution in [0.15, 0.2) is 48.5 Å². The van der Waals surface area contributed by atoms with Crippen molar-refractivity contribution in [3.63, 3.8) is 0 Å². The molecule has 2 aromatic carbocycles. The van der Waals surface area contributed by atoms with E-state index in [4.69, 9.17) is 4.74 Å². The number of ether oxygens (including phenoxy) is 1. The van der Waals surface area contributed by atoms with Gasteiger partial charge in [0.2, 0.25) is 21.8 Å². The highest BCUT2D eigenvalue weighted by atomic mass is 32.2. The third kappa shape index (κ3) is 8.86. The summed E-state index contributed by atoms with van der Waals surface area (Å²) in [5, 5.41) is 2.94. The molecule has 0 fully saturated rings. The minimum atomic E-state index is -3.52. The summed E-state index contributed by atoms with van der Waals surface area (Å²) in [6.45, 7) is 9.70. The van der Waals surface area contributed by atoms with E-state index < -0.39 is 21.6 Å². The van der Waals surface area contributed by atoms with Crippen LogP contribution >= 0.6 is 0 Å². The Bertz CT molecular complexity index is 1120. The predicted molar refractivity (Wildman–Crippen MR) is 144 cm³/mol. The number of hydrogen-bond donors (Lipinski definition) is 1. The minimum Gasteiger partial charge on any atom is -0.497 e. The fraction of sp³-hybridized carbons (Fsp3) is 0.481. The number of anilines is 1. The number of nitrogens with zero attached hydrogens (tertiary/aromatic N) is 2. The summed E-state index contributed by atoms with van der Waals surface area (Å²) in [6.07, 6.45) is 1.57. The van der Waals surface area contributed by atoms with Crippen molar-refractivity contribution in [2.45, 2.75) is 65.6 Å². The molecule has 0 spiro atoms. The second-order valence-corrected chi connectivity index (χ2v) is 12.0. The van der Waals surface area contributed by atoms with Gasteiger partial charge in [-0.3, -0.25) is 13.9 Å². The molecular weight excluding hydrogens is 478 g/mol. The van der Waals surface area contributed by atoms with Gasteiger partial charge in [-0.2, -0.15) is 0 Å². The first kappa shape index (κ1) is 29.2. The summed E-state index contributed by atoms with van der Waals surface area (Å²) in [7, 11) is -1.94. The van der Waals surface area contributed by atoms with Gasteiger partial charge in [0.15, 0.2) is 0 Å². The van der Waals surface area contributed by atoms with Crippen molar-refractivity contribution in [3.8, 4) is 5.75 Å². The number of carbonyl (C=O) groups is 2. The molecule has 2 rings (SSSR count). The lowest BCUT2D eigenvalue weighted by Gasteiger charge is -2.32. The average Bonchev–Trinajstić information content (AvgIpc) is 2.79. The molecule has 0 bridgehead atoms. The maximum Gasteiger partial charge on any atom is 0.242 e. The highest BCUT2D eigenvalue weighted by Crippen LogP contribution is 2.20. The van der Waals surface area contributed by atoms with Crippen LogP contribution in [0.3, 0.4) is 0 Å². The lowest BCUT2D eigenvalue weighted by atomic mass is 10.1. The van der Waals surface area contributed by atoms with Crippen LogP contribution in [0.2, 0.25) is 0 Å². The smallest absolute Gasteiger partial charge is 0.242 e. The van der Waals surface area contributed by atoms with Gasteiger partial charge in [-0.15, -0.1) is 0 Å². The molecular formula is C27H39N3O5S. The number of aryl methyl sites for hydroxylation is 1. The zero-order chi connectivity index (χ0) is 27.1. The fourth-order valence-corrected chi connectivity index (χ4v) is 4.66. The SMILES string of the molecule is COc1ccc(CN(C(=O)CCCN(c2ccc(C)cc2)S(C)(=O)=O)[C@@H](C)C(=O)NC(C)(C)C)cc1. The minimum absolute atomic E-state index is 0.0984. The Morgan fingerprint density at radius 3 is 2.11 bits per heavy atom. The fourth-order valence-electron chi connectivity index (χ4n) is 3.70. The van der Waals surface area contributed by atoms with Crippen molar-refractivity contribution >= 4 is 27.5 Å². The second kappa shape index (κ2) is 12.3. The zero-order valence-electron chi connectivity index (χ0n) is 22.4. The molecule has 2 aromatic rings. The Kier molecular flexibility index (Phi) is 9.93. The van der Waals surface area contributed by atoms with Gasteiger partial charge in [-0.1, -0.05) is 29.8 Å². The van der Waals surface area contributed by atoms with Crippen molar-refractivity contribution in [2.24, 2.45) is 0 Å². The van der Waals surface area contributed by atoms with Crippen LogP contribution in [-0.4, -0.2) is 56.6 Å². The van der Waals surface area contributed by atoms with Crippen LogP contribution in [-0.2, 0) is 26.2 Å². The molecule has 0 aromatic heterocycles. The standard InChI is InChI=1S/C27H39N3O5S/c1-20-10-14-23(15-11-20)30(36(7,33)34)18-8-9-25(31)29(21(2)26(32)28-27(3,4)5)19-22-12-16-24(35-6)17-13-22/h10-17,21H,8-9,18-19H2,1-7H3,(H,28,32)/t21-/m0/s1. The predicted octanol–water partition coefficient (Wildman–Crippen LogP) is 3.88. The quantitative estimate of drug-likeness (QED) is 0.488. The van der Waals surface area contributed by atoms with Crippen molar-refractivity contribution in [1.29, 1.82) is 0 Å². The van der Waals surface area contributed by atoms with E-state index in [1.165, 1.54) is 4.31 Å². The Hall–Kier alpha value is -3.07. The van der Waals surface area contributed by atoms with Gasteiger partial charge in [0.05, 0.1) is 19.1 Å². The molecule has 0 aliphatic carbocycles. The molecule has 0 heterocycles. The molecule has 0 aliphatic heterocycles. The summed E-state index contributed by atoms with van der Waals surface area (Å²) in [5.41, 5.74) is 2.00. The number of carbonyl (C=O) groups excluding carboxylic acids is 2. The molecule has 1 N–H and O–H groups in total. The summed E-state index contributed by atoms with van der Waals surface area (Å²) in [5.74, 6) is 0.230. The molecule has 0 saturated heterocycles. The van der Waals surface area contributed by atoms with Crippen LogP contribution in [0.25, 0.3) is 0 Å². The Morgan fingerprint density at radius 1 is 1.03 bits per heavy atom. The first-order chi connectivity index (χ1) is 16.7. The molecule has 9 heteroatoms. The van der Waals surface area contributed by atoms with Crippen molar-refractivity contribution in [1.82, 2.24) is 10.2 Å². The first-order valence-electron chi connectivity index (χ1n) is 12.0. The van der Waals surface area contributed by atoms with E-state index in [2.05, 4.69) is 5.32 Å². The number of hydrogen-bond acceptors (Lipinski definition) is 5. The lowest BCUT2D eigenvalue weighted by molar-refractivity contribution is -0.141. The van der Waals surface area contributed by atoms with E-state index >= 15 is 0 Å². The summed E-state index contributed by atoms with van der Waals surface area (Å²) in [6, 6.07) is 13.8. The summed E-state index contributed by atoms with van der Waals surface area (Å²) < 4.78 is 31.4. The summed E-state index contributed by atoms with van der Waals surface area (Å²) in [4.78, 5) is 27.8. The third-order valence-electron chi connectivity index (χ3n) is 5.65. The maximum absolute atomic E-state index is 13.3. The highest BCUT2D eigenvalue weighted by molar-refractivity contribution is 7.92. The van der Waals surface area contributed by atoms with E-state index in [-0.39, 0.29) is 31.3 Å². The lowest BCUT2D eigenvalue weighted by Crippen LogP contribution is -2.52. The van der Waals surface area contributed by atoms with E-state index in [9.17, 15) is 18.0 Å². The van der Waals surface area contributed by atoms with Gasteiger partial charge in [0, 0.05) is 25.0 Å². The van der Waals surface area contributed by atoms with E-state index in [1.807, 2.05) is 64.1 Å². The Morgan fingerprint density at radius 2 is 1.61 bits per heavy atom. The normalized spacial score (nSPS) is 12.5. The first-order valence-corrected chi connectivity index (χ1v) is 13.8. The number of rotatable bonds is 11. The van der Waals surface area contributed by atoms with E-state index in [0.29, 0.717) is 17.9 Å².